The van der Waals surface area contributed by atoms with Crippen molar-refractivity contribution in [3.05, 3.63) is 130 Å². The van der Waals surface area contributed by atoms with Crippen LogP contribution in [0.25, 0.3) is 0 Å². The van der Waals surface area contributed by atoms with E-state index in [1.54, 1.807) is 12.1 Å². The molecule has 12 heteroatoms. The SMILES string of the molecule is CC(C)OC(=O)c1ccc([C@@H](CCC(C)(C)C)N2C(=O)C(c3ccc(OC(C)C)cc3)=NC23CCC(C(C)(C)C)CC3)cc1.CC(C)Oc1ccc(C2=NC3(CCC(C(C)(C)C)CC3)N([C@H](CCC(C)(C)C)c3ccc(C(=O)O)cc3)C2=O)cc1. The number of carboxylic acids is 1. The smallest absolute Gasteiger partial charge is 0.338 e. The van der Waals surface area contributed by atoms with E-state index in [2.05, 4.69) is 92.9 Å². The molecule has 2 aliphatic carbocycles. The van der Waals surface area contributed by atoms with Crippen molar-refractivity contribution in [1.82, 2.24) is 9.80 Å². The molecule has 1 N–H and O–H groups in total. The predicted octanol–water partition coefficient (Wildman–Crippen LogP) is 17.5. The van der Waals surface area contributed by atoms with E-state index < -0.39 is 17.3 Å². The molecule has 2 heterocycles. The molecule has 2 atom stereocenters. The number of nitrogens with zero attached hydrogens (tertiary/aromatic N) is 4. The largest absolute Gasteiger partial charge is 0.491 e. The van der Waals surface area contributed by atoms with Gasteiger partial charge < -0.3 is 29.1 Å². The summed E-state index contributed by atoms with van der Waals surface area (Å²) in [4.78, 5) is 68.2. The Kier molecular flexibility index (Phi) is 20.5. The highest BCUT2D eigenvalue weighted by Crippen LogP contribution is 2.52. The molecule has 462 valence electrons. The van der Waals surface area contributed by atoms with Gasteiger partial charge in [0.15, 0.2) is 0 Å². The molecule has 4 aliphatic rings. The van der Waals surface area contributed by atoms with E-state index in [1.807, 2.05) is 126 Å². The molecule has 4 aromatic rings. The second kappa shape index (κ2) is 26.4. The lowest BCUT2D eigenvalue weighted by Gasteiger charge is -2.47. The molecule has 0 unspecified atom stereocenters. The number of hydrogen-bond acceptors (Lipinski definition) is 9. The first-order chi connectivity index (χ1) is 39.6. The fraction of sp³-hybridized carbons (Fsp3) is 0.589. The lowest BCUT2D eigenvalue weighted by molar-refractivity contribution is -0.134. The molecule has 2 spiro atoms. The molecule has 0 bridgehead atoms. The predicted molar refractivity (Wildman–Crippen MR) is 343 cm³/mol. The standard InChI is InChI=1S/C38H54N2O4.C35H48N2O4/c1-25(2)43-31-17-15-28(16-18-31)33-34(41)40(38(39-33)23-19-30(20-24-38)37(8,9)10)32(21-22-36(5,6)7)27-11-13-29(14-12-27)35(42)44-26(3)4;1-23(2)41-28-15-13-25(14-16-28)30-31(38)37(35(36-30)21-17-27(18-22-35)34(6,7)8)29(19-20-33(3,4)5)24-9-11-26(12-10-24)32(39)40/h11-18,25-26,30,32H,19-24H2,1-10H3;9-16,23,27,29H,17-22H2,1-8H3,(H,39,40)/t30?,32-,38?;27?,29-,35?/m11/s1. The van der Waals surface area contributed by atoms with Crippen molar-refractivity contribution in [2.24, 2.45) is 43.5 Å². The number of hydrogen-bond donors (Lipinski definition) is 1. The van der Waals surface area contributed by atoms with Crippen molar-refractivity contribution in [2.75, 3.05) is 0 Å². The van der Waals surface area contributed by atoms with Crippen molar-refractivity contribution in [2.45, 2.75) is 243 Å². The highest BCUT2D eigenvalue weighted by atomic mass is 16.5. The van der Waals surface area contributed by atoms with Crippen LogP contribution >= 0.6 is 0 Å². The van der Waals surface area contributed by atoms with Crippen molar-refractivity contribution < 1.29 is 38.5 Å². The number of benzene rings is 4. The zero-order valence-electron chi connectivity index (χ0n) is 54.9. The van der Waals surface area contributed by atoms with E-state index in [1.165, 1.54) is 0 Å². The number of aromatic carboxylic acids is 1. The van der Waals surface area contributed by atoms with Gasteiger partial charge in [-0.25, -0.2) is 9.59 Å². The van der Waals surface area contributed by atoms with Crippen LogP contribution in [0.4, 0.5) is 0 Å². The first-order valence-corrected chi connectivity index (χ1v) is 31.6. The Morgan fingerprint density at radius 3 is 1.12 bits per heavy atom. The van der Waals surface area contributed by atoms with E-state index >= 15 is 0 Å². The van der Waals surface area contributed by atoms with Crippen LogP contribution in [0.2, 0.25) is 0 Å². The Bertz CT molecular complexity index is 2980. The number of rotatable bonds is 17. The van der Waals surface area contributed by atoms with Gasteiger partial charge in [0.25, 0.3) is 11.8 Å². The monoisotopic (exact) mass is 1160 g/mol. The van der Waals surface area contributed by atoms with Gasteiger partial charge in [-0.1, -0.05) is 107 Å². The van der Waals surface area contributed by atoms with Crippen LogP contribution in [0.1, 0.15) is 257 Å². The zero-order chi connectivity index (χ0) is 62.6. The average molecular weight is 1160 g/mol. The normalized spacial score (nSPS) is 21.9. The molecule has 2 fully saturated rings. The van der Waals surface area contributed by atoms with E-state index in [0.29, 0.717) is 28.8 Å². The fourth-order valence-corrected chi connectivity index (χ4v) is 13.0. The van der Waals surface area contributed by atoms with Gasteiger partial charge in [-0.3, -0.25) is 19.6 Å². The minimum atomic E-state index is -0.951. The van der Waals surface area contributed by atoms with Crippen molar-refractivity contribution in [3.8, 4) is 11.5 Å². The van der Waals surface area contributed by atoms with Crippen LogP contribution in [-0.4, -0.2) is 79.7 Å². The van der Waals surface area contributed by atoms with E-state index in [4.69, 9.17) is 24.2 Å². The third-order valence-corrected chi connectivity index (χ3v) is 17.8. The van der Waals surface area contributed by atoms with Crippen LogP contribution in [0, 0.1) is 33.5 Å². The van der Waals surface area contributed by atoms with Gasteiger partial charge in [-0.15, -0.1) is 0 Å². The molecule has 0 radical (unpaired) electrons. The van der Waals surface area contributed by atoms with Crippen molar-refractivity contribution >= 4 is 35.2 Å². The van der Waals surface area contributed by atoms with Gasteiger partial charge >= 0.3 is 11.9 Å². The average Bonchev–Trinajstić information content (AvgIpc) is 1.68. The Morgan fingerprint density at radius 2 is 0.835 bits per heavy atom. The van der Waals surface area contributed by atoms with Crippen LogP contribution < -0.4 is 9.47 Å². The van der Waals surface area contributed by atoms with E-state index in [0.717, 1.165) is 111 Å². The number of esters is 1. The van der Waals surface area contributed by atoms with Crippen LogP contribution in [0.15, 0.2) is 107 Å². The molecule has 85 heavy (non-hydrogen) atoms. The van der Waals surface area contributed by atoms with E-state index in [-0.39, 0.29) is 75.4 Å². The molecular weight excluding hydrogens is 1060 g/mol. The summed E-state index contributed by atoms with van der Waals surface area (Å²) in [6.07, 6.45) is 10.8. The first-order valence-electron chi connectivity index (χ1n) is 31.6. The number of amides is 2. The third-order valence-electron chi connectivity index (χ3n) is 17.8. The quantitative estimate of drug-likeness (QED) is 0.103. The van der Waals surface area contributed by atoms with Gasteiger partial charge in [0.2, 0.25) is 0 Å². The van der Waals surface area contributed by atoms with Crippen molar-refractivity contribution in [1.29, 1.82) is 0 Å². The maximum absolute atomic E-state index is 14.6. The molecule has 12 nitrogen and oxygen atoms in total. The minimum absolute atomic E-state index is 0.0149. The molecule has 0 aromatic heterocycles. The molecular formula is C73H102N4O8. The zero-order valence-corrected chi connectivity index (χ0v) is 54.9. The number of ether oxygens (including phenoxy) is 3. The topological polar surface area (TPSA) is 147 Å². The van der Waals surface area contributed by atoms with Crippen LogP contribution in [0.5, 0.6) is 11.5 Å². The lowest BCUT2D eigenvalue weighted by Crippen LogP contribution is -2.51. The number of aliphatic imine (C=N–C) groups is 2. The lowest BCUT2D eigenvalue weighted by atomic mass is 9.69. The highest BCUT2D eigenvalue weighted by Gasteiger charge is 2.54. The summed E-state index contributed by atoms with van der Waals surface area (Å²) in [7, 11) is 0. The Morgan fingerprint density at radius 1 is 0.506 bits per heavy atom. The third kappa shape index (κ3) is 16.6. The molecule has 8 rings (SSSR count). The van der Waals surface area contributed by atoms with Gasteiger partial charge in [0.05, 0.1) is 41.5 Å². The maximum Gasteiger partial charge on any atom is 0.338 e. The second-order valence-corrected chi connectivity index (χ2v) is 30.1. The molecule has 2 aliphatic heterocycles. The van der Waals surface area contributed by atoms with Crippen LogP contribution in [0.3, 0.4) is 0 Å². The molecule has 4 aromatic carbocycles. The van der Waals surface area contributed by atoms with Gasteiger partial charge in [0, 0.05) is 11.1 Å². The summed E-state index contributed by atoms with van der Waals surface area (Å²) < 4.78 is 17.1. The summed E-state index contributed by atoms with van der Waals surface area (Å²) in [5, 5.41) is 9.50. The Hall–Kier alpha value is -6.30. The molecule has 2 saturated carbocycles. The van der Waals surface area contributed by atoms with Crippen LogP contribution in [-0.2, 0) is 14.3 Å². The summed E-state index contributed by atoms with van der Waals surface area (Å²) in [6, 6.07) is 29.9. The Balaban J connectivity index is 0.000000244. The summed E-state index contributed by atoms with van der Waals surface area (Å²) in [5.41, 5.74) is 4.80. The maximum atomic E-state index is 14.6. The van der Waals surface area contributed by atoms with Gasteiger partial charge in [0.1, 0.15) is 34.2 Å². The summed E-state index contributed by atoms with van der Waals surface area (Å²) in [6.45, 7) is 39.0. The first kappa shape index (κ1) is 66.2. The summed E-state index contributed by atoms with van der Waals surface area (Å²) in [5.74, 6) is 1.36. The molecule has 2 amide bonds. The second-order valence-electron chi connectivity index (χ2n) is 30.1. The number of carbonyl (C=O) groups excluding carboxylic acids is 3. The number of carbonyl (C=O) groups is 4. The fourth-order valence-electron chi connectivity index (χ4n) is 13.0. The minimum Gasteiger partial charge on any atom is -0.491 e. The molecule has 0 saturated heterocycles. The van der Waals surface area contributed by atoms with Gasteiger partial charge in [-0.05, 0) is 236 Å². The Labute approximate surface area is 510 Å². The number of carboxylic acid groups (broad SMARTS) is 1. The summed E-state index contributed by atoms with van der Waals surface area (Å²) >= 11 is 0. The van der Waals surface area contributed by atoms with Crippen molar-refractivity contribution in [3.63, 3.8) is 0 Å². The van der Waals surface area contributed by atoms with Gasteiger partial charge in [-0.2, -0.15) is 0 Å². The van der Waals surface area contributed by atoms with E-state index in [9.17, 15) is 24.3 Å². The highest BCUT2D eigenvalue weighted by molar-refractivity contribution is 6.47.